The molecule has 0 unspecified atom stereocenters. The van der Waals surface area contributed by atoms with Crippen molar-refractivity contribution in [3.05, 3.63) is 10.5 Å². The molecule has 6 nitrogen and oxygen atoms in total. The number of anilines is 1. The van der Waals surface area contributed by atoms with E-state index in [1.807, 2.05) is 4.90 Å². The molecule has 1 aliphatic rings. The van der Waals surface area contributed by atoms with E-state index in [9.17, 15) is 4.79 Å². The highest BCUT2D eigenvalue weighted by Gasteiger charge is 2.13. The Balaban J connectivity index is 2.14. The largest absolute Gasteiger partial charge is 0.380 e. The minimum absolute atomic E-state index is 0.499. The van der Waals surface area contributed by atoms with Crippen molar-refractivity contribution in [2.75, 3.05) is 18.0 Å². The SMILES string of the molecule is O=c1nnc(N2CCCCC2)n[nH]1. The lowest BCUT2D eigenvalue weighted by molar-refractivity contribution is 0.559. The van der Waals surface area contributed by atoms with E-state index in [1.165, 1.54) is 6.42 Å². The molecule has 1 aliphatic heterocycles. The van der Waals surface area contributed by atoms with Crippen LogP contribution in [0.2, 0.25) is 0 Å². The second kappa shape index (κ2) is 3.51. The molecule has 0 bridgehead atoms. The Morgan fingerprint density at radius 2 is 1.92 bits per heavy atom. The first-order chi connectivity index (χ1) is 6.36. The van der Waals surface area contributed by atoms with Crippen molar-refractivity contribution in [3.63, 3.8) is 0 Å². The van der Waals surface area contributed by atoms with Crippen LogP contribution >= 0.6 is 0 Å². The summed E-state index contributed by atoms with van der Waals surface area (Å²) in [6.07, 6.45) is 3.57. The number of nitrogens with one attached hydrogen (secondary N) is 1. The minimum Gasteiger partial charge on any atom is -0.338 e. The molecule has 2 heterocycles. The number of H-pyrrole nitrogens is 1. The van der Waals surface area contributed by atoms with Crippen LogP contribution in [-0.4, -0.2) is 33.5 Å². The molecule has 1 aromatic rings. The van der Waals surface area contributed by atoms with Gasteiger partial charge >= 0.3 is 5.69 Å². The monoisotopic (exact) mass is 181 g/mol. The maximum absolute atomic E-state index is 10.6. The van der Waals surface area contributed by atoms with Crippen LogP contribution in [0.25, 0.3) is 0 Å². The first kappa shape index (κ1) is 8.15. The second-order valence-corrected chi connectivity index (χ2v) is 3.08. The highest BCUT2D eigenvalue weighted by atomic mass is 16.1. The van der Waals surface area contributed by atoms with Crippen molar-refractivity contribution in [2.45, 2.75) is 19.3 Å². The van der Waals surface area contributed by atoms with E-state index in [0.29, 0.717) is 5.95 Å². The molecule has 6 heteroatoms. The topological polar surface area (TPSA) is 74.8 Å². The summed E-state index contributed by atoms with van der Waals surface area (Å²) in [6, 6.07) is 0. The molecule has 0 aliphatic carbocycles. The second-order valence-electron chi connectivity index (χ2n) is 3.08. The summed E-state index contributed by atoms with van der Waals surface area (Å²) >= 11 is 0. The van der Waals surface area contributed by atoms with Gasteiger partial charge in [0.15, 0.2) is 0 Å². The lowest BCUT2D eigenvalue weighted by Gasteiger charge is -2.25. The Morgan fingerprint density at radius 3 is 2.54 bits per heavy atom. The van der Waals surface area contributed by atoms with Crippen molar-refractivity contribution in [2.24, 2.45) is 0 Å². The Kier molecular flexibility index (Phi) is 2.20. The van der Waals surface area contributed by atoms with Crippen LogP contribution in [0.3, 0.4) is 0 Å². The summed E-state index contributed by atoms with van der Waals surface area (Å²) in [5.74, 6) is 0.527. The van der Waals surface area contributed by atoms with Gasteiger partial charge in [-0.1, -0.05) is 5.10 Å². The first-order valence-corrected chi connectivity index (χ1v) is 4.40. The van der Waals surface area contributed by atoms with Crippen molar-refractivity contribution in [1.29, 1.82) is 0 Å². The number of hydrogen-bond donors (Lipinski definition) is 1. The van der Waals surface area contributed by atoms with Crippen LogP contribution in [0.1, 0.15) is 19.3 Å². The van der Waals surface area contributed by atoms with E-state index in [0.717, 1.165) is 25.9 Å². The Hall–Kier alpha value is -1.46. The molecule has 1 saturated heterocycles. The van der Waals surface area contributed by atoms with Crippen molar-refractivity contribution in [1.82, 2.24) is 20.4 Å². The minimum atomic E-state index is -0.499. The first-order valence-electron chi connectivity index (χ1n) is 4.40. The third-order valence-electron chi connectivity index (χ3n) is 2.12. The van der Waals surface area contributed by atoms with E-state index in [4.69, 9.17) is 0 Å². The van der Waals surface area contributed by atoms with Gasteiger partial charge in [0, 0.05) is 13.1 Å². The molecule has 1 aromatic heterocycles. The number of nitrogens with zero attached hydrogens (tertiary/aromatic N) is 4. The molecule has 70 valence electrons. The number of hydrogen-bond acceptors (Lipinski definition) is 5. The molecular formula is C7H11N5O. The van der Waals surface area contributed by atoms with Crippen molar-refractivity contribution >= 4 is 5.95 Å². The lowest BCUT2D eigenvalue weighted by Crippen LogP contribution is -2.32. The molecule has 0 spiro atoms. The van der Waals surface area contributed by atoms with Gasteiger partial charge in [0.05, 0.1) is 0 Å². The Morgan fingerprint density at radius 1 is 1.15 bits per heavy atom. The fourth-order valence-electron chi connectivity index (χ4n) is 1.46. The summed E-state index contributed by atoms with van der Waals surface area (Å²) in [7, 11) is 0. The molecule has 1 fully saturated rings. The van der Waals surface area contributed by atoms with Crippen LogP contribution in [-0.2, 0) is 0 Å². The summed E-state index contributed by atoms with van der Waals surface area (Å²) in [6.45, 7) is 1.90. The van der Waals surface area contributed by atoms with Gasteiger partial charge in [-0.25, -0.2) is 9.89 Å². The highest BCUT2D eigenvalue weighted by molar-refractivity contribution is 5.25. The maximum atomic E-state index is 10.6. The Bertz CT molecular complexity index is 309. The molecule has 0 saturated carbocycles. The molecule has 1 N–H and O–H groups in total. The molecule has 2 rings (SSSR count). The zero-order chi connectivity index (χ0) is 9.10. The maximum Gasteiger partial charge on any atom is 0.380 e. The van der Waals surface area contributed by atoms with E-state index in [2.05, 4.69) is 20.4 Å². The van der Waals surface area contributed by atoms with E-state index in [-0.39, 0.29) is 0 Å². The van der Waals surface area contributed by atoms with Crippen LogP contribution in [0.5, 0.6) is 0 Å². The van der Waals surface area contributed by atoms with E-state index in [1.54, 1.807) is 0 Å². The van der Waals surface area contributed by atoms with Gasteiger partial charge in [0.1, 0.15) is 0 Å². The fourth-order valence-corrected chi connectivity index (χ4v) is 1.46. The van der Waals surface area contributed by atoms with Gasteiger partial charge in [-0.05, 0) is 19.3 Å². The molecule has 0 amide bonds. The number of rotatable bonds is 1. The summed E-state index contributed by atoms with van der Waals surface area (Å²) < 4.78 is 0. The predicted molar refractivity (Wildman–Crippen MR) is 46.5 cm³/mol. The van der Waals surface area contributed by atoms with E-state index < -0.39 is 5.69 Å². The standard InChI is InChI=1S/C7H11N5O/c13-7-10-8-6(9-11-7)12-4-2-1-3-5-12/h1-5H2,(H,10,11,13). The zero-order valence-corrected chi connectivity index (χ0v) is 7.23. The summed E-state index contributed by atoms with van der Waals surface area (Å²) in [5, 5.41) is 13.2. The summed E-state index contributed by atoms with van der Waals surface area (Å²) in [5.41, 5.74) is -0.499. The van der Waals surface area contributed by atoms with Crippen molar-refractivity contribution < 1.29 is 0 Å². The molecule has 0 aromatic carbocycles. The van der Waals surface area contributed by atoms with Crippen LogP contribution in [0.15, 0.2) is 4.79 Å². The van der Waals surface area contributed by atoms with Gasteiger partial charge in [0.2, 0.25) is 0 Å². The third-order valence-corrected chi connectivity index (χ3v) is 2.12. The van der Waals surface area contributed by atoms with Crippen molar-refractivity contribution in [3.8, 4) is 0 Å². The average Bonchev–Trinajstić information content (AvgIpc) is 2.20. The van der Waals surface area contributed by atoms with Gasteiger partial charge in [0.25, 0.3) is 5.95 Å². The smallest absolute Gasteiger partial charge is 0.338 e. The number of aromatic nitrogens is 4. The summed E-state index contributed by atoms with van der Waals surface area (Å²) in [4.78, 5) is 12.6. The van der Waals surface area contributed by atoms with Gasteiger partial charge in [-0.3, -0.25) is 0 Å². The highest BCUT2D eigenvalue weighted by Crippen LogP contribution is 2.12. The molecule has 13 heavy (non-hydrogen) atoms. The fraction of sp³-hybridized carbons (Fsp3) is 0.714. The molecule has 0 atom stereocenters. The van der Waals surface area contributed by atoms with Crippen LogP contribution in [0.4, 0.5) is 5.95 Å². The van der Waals surface area contributed by atoms with Gasteiger partial charge in [-0.2, -0.15) is 0 Å². The Labute approximate surface area is 75.0 Å². The van der Waals surface area contributed by atoms with E-state index >= 15 is 0 Å². The third kappa shape index (κ3) is 1.82. The molecule has 0 radical (unpaired) electrons. The predicted octanol–water partition coefficient (Wildman–Crippen LogP) is -0.450. The van der Waals surface area contributed by atoms with Crippen LogP contribution in [0, 0.1) is 0 Å². The lowest BCUT2D eigenvalue weighted by atomic mass is 10.1. The average molecular weight is 181 g/mol. The number of aromatic amines is 1. The van der Waals surface area contributed by atoms with Gasteiger partial charge < -0.3 is 4.90 Å². The zero-order valence-electron chi connectivity index (χ0n) is 7.23. The quantitative estimate of drug-likeness (QED) is 0.635. The number of piperidine rings is 1. The van der Waals surface area contributed by atoms with Crippen LogP contribution < -0.4 is 10.6 Å². The molecular weight excluding hydrogens is 170 g/mol. The normalized spacial score (nSPS) is 17.4. The van der Waals surface area contributed by atoms with Gasteiger partial charge in [-0.15, -0.1) is 10.2 Å².